The van der Waals surface area contributed by atoms with E-state index in [9.17, 15) is 9.59 Å². The van der Waals surface area contributed by atoms with E-state index in [1.807, 2.05) is 25.7 Å². The first kappa shape index (κ1) is 20.1. The lowest BCUT2D eigenvalue weighted by molar-refractivity contribution is -0.180. The highest BCUT2D eigenvalue weighted by Crippen LogP contribution is 2.23. The van der Waals surface area contributed by atoms with Crippen LogP contribution in [0.5, 0.6) is 0 Å². The number of nitrogens with zero attached hydrogens (tertiary/aromatic N) is 2. The maximum Gasteiger partial charge on any atom is 0.337 e. The number of ether oxygens (including phenoxy) is 2. The number of carbonyl (C=O) groups excluding carboxylic acids is 2. The second kappa shape index (κ2) is 8.47. The molecule has 2 fully saturated rings. The molecule has 25 heavy (non-hydrogen) atoms. The molecule has 0 aromatic carbocycles. The number of hydrogen-bond acceptors (Lipinski definition) is 6. The molecule has 0 bridgehead atoms. The molecule has 2 unspecified atom stereocenters. The molecule has 0 saturated carbocycles. The molecular weight excluding hydrogens is 322 g/mol. The third-order valence-corrected chi connectivity index (χ3v) is 4.93. The van der Waals surface area contributed by atoms with Crippen LogP contribution in [-0.4, -0.2) is 78.8 Å². The second-order valence-electron chi connectivity index (χ2n) is 8.07. The van der Waals surface area contributed by atoms with Crippen LogP contribution in [0, 0.1) is 5.92 Å². The summed E-state index contributed by atoms with van der Waals surface area (Å²) < 4.78 is 11.2. The van der Waals surface area contributed by atoms with Crippen LogP contribution in [0.2, 0.25) is 0 Å². The molecule has 0 aromatic rings. The molecule has 2 N–H and O–H groups in total. The Hall–Kier alpha value is -1.18. The van der Waals surface area contributed by atoms with Gasteiger partial charge in [-0.3, -0.25) is 9.69 Å². The van der Waals surface area contributed by atoms with Gasteiger partial charge in [-0.2, -0.15) is 0 Å². The molecule has 2 aliphatic heterocycles. The smallest absolute Gasteiger partial charge is 0.337 e. The van der Waals surface area contributed by atoms with Gasteiger partial charge in [-0.1, -0.05) is 0 Å². The minimum absolute atomic E-state index is 0.148. The van der Waals surface area contributed by atoms with Crippen LogP contribution in [0.3, 0.4) is 0 Å². The van der Waals surface area contributed by atoms with Crippen LogP contribution in [0.25, 0.3) is 0 Å². The van der Waals surface area contributed by atoms with Crippen LogP contribution in [0.1, 0.15) is 40.5 Å². The largest absolute Gasteiger partial charge is 0.458 e. The Balaban J connectivity index is 1.94. The average Bonchev–Trinajstić information content (AvgIpc) is 2.53. The summed E-state index contributed by atoms with van der Waals surface area (Å²) in [6, 6.07) is -0.158. The van der Waals surface area contributed by atoms with Crippen LogP contribution >= 0.6 is 0 Å². The average molecular weight is 355 g/mol. The lowest BCUT2D eigenvalue weighted by atomic mass is 9.94. The predicted octanol–water partition coefficient (Wildman–Crippen LogP) is 0.615. The fraction of sp³-hybridized carbons (Fsp3) is 0.889. The summed E-state index contributed by atoms with van der Waals surface area (Å²) in [7, 11) is 0. The number of esters is 1. The second-order valence-corrected chi connectivity index (χ2v) is 8.07. The first-order chi connectivity index (χ1) is 11.7. The van der Waals surface area contributed by atoms with Crippen LogP contribution < -0.4 is 5.73 Å². The molecular formula is C18H33N3O4. The number of morpholine rings is 1. The lowest BCUT2D eigenvalue weighted by Gasteiger charge is -2.42. The van der Waals surface area contributed by atoms with E-state index < -0.39 is 11.7 Å². The standard InChI is InChI=1S/C18H33N3O4/c1-13(22)20-7-5-14(6-8-20)12-21-9-10-24-16(15(21)11-19)17(23)25-18(2,3)4/h14-16H,5-12,19H2,1-4H3. The van der Waals surface area contributed by atoms with Crippen molar-refractivity contribution in [1.82, 2.24) is 9.80 Å². The van der Waals surface area contributed by atoms with Crippen molar-refractivity contribution in [2.24, 2.45) is 11.7 Å². The third kappa shape index (κ3) is 5.66. The zero-order chi connectivity index (χ0) is 18.6. The monoisotopic (exact) mass is 355 g/mol. The highest BCUT2D eigenvalue weighted by Gasteiger charge is 2.39. The molecule has 2 aliphatic rings. The summed E-state index contributed by atoms with van der Waals surface area (Å²) in [5.74, 6) is 0.329. The SMILES string of the molecule is CC(=O)N1CCC(CN2CCOC(C(=O)OC(C)(C)C)C2CN)CC1. The van der Waals surface area contributed by atoms with Crippen molar-refractivity contribution in [3.63, 3.8) is 0 Å². The van der Waals surface area contributed by atoms with Gasteiger partial charge in [0.25, 0.3) is 0 Å². The first-order valence-electron chi connectivity index (χ1n) is 9.25. The van der Waals surface area contributed by atoms with Gasteiger partial charge in [0.2, 0.25) is 5.91 Å². The lowest BCUT2D eigenvalue weighted by Crippen LogP contribution is -2.59. The van der Waals surface area contributed by atoms with Crippen molar-refractivity contribution in [3.05, 3.63) is 0 Å². The Morgan fingerprint density at radius 2 is 1.84 bits per heavy atom. The Labute approximate surface area is 150 Å². The molecule has 2 heterocycles. The van der Waals surface area contributed by atoms with Gasteiger partial charge in [-0.15, -0.1) is 0 Å². The summed E-state index contributed by atoms with van der Waals surface area (Å²) in [5.41, 5.74) is 5.43. The van der Waals surface area contributed by atoms with E-state index >= 15 is 0 Å². The van der Waals surface area contributed by atoms with E-state index in [1.165, 1.54) is 0 Å². The van der Waals surface area contributed by atoms with Crippen LogP contribution in [0.15, 0.2) is 0 Å². The summed E-state index contributed by atoms with van der Waals surface area (Å²) in [5, 5.41) is 0. The van der Waals surface area contributed by atoms with Gasteiger partial charge >= 0.3 is 5.97 Å². The number of hydrogen-bond donors (Lipinski definition) is 1. The fourth-order valence-corrected chi connectivity index (χ4v) is 3.61. The first-order valence-corrected chi connectivity index (χ1v) is 9.25. The number of amides is 1. The Morgan fingerprint density at radius 3 is 2.36 bits per heavy atom. The summed E-state index contributed by atoms with van der Waals surface area (Å²) >= 11 is 0. The van der Waals surface area contributed by atoms with E-state index in [0.29, 0.717) is 19.1 Å². The number of carbonyl (C=O) groups is 2. The molecule has 2 rings (SSSR count). The molecule has 0 aliphatic carbocycles. The van der Waals surface area contributed by atoms with E-state index in [4.69, 9.17) is 15.2 Å². The van der Waals surface area contributed by atoms with Gasteiger partial charge in [-0.05, 0) is 39.5 Å². The number of nitrogens with two attached hydrogens (primary N) is 1. The number of likely N-dealkylation sites (tertiary alicyclic amines) is 1. The van der Waals surface area contributed by atoms with Gasteiger partial charge in [0.05, 0.1) is 12.6 Å². The zero-order valence-electron chi connectivity index (χ0n) is 16.0. The van der Waals surface area contributed by atoms with Gasteiger partial charge in [0, 0.05) is 39.6 Å². The summed E-state index contributed by atoms with van der Waals surface area (Å²) in [4.78, 5) is 28.1. The molecule has 0 aromatic heterocycles. The molecule has 7 heteroatoms. The van der Waals surface area contributed by atoms with Crippen molar-refractivity contribution >= 4 is 11.9 Å². The summed E-state index contributed by atoms with van der Waals surface area (Å²) in [6.07, 6.45) is 1.35. The van der Waals surface area contributed by atoms with E-state index in [-0.39, 0.29) is 17.9 Å². The van der Waals surface area contributed by atoms with Crippen molar-refractivity contribution in [2.75, 3.05) is 39.3 Å². The highest BCUT2D eigenvalue weighted by atomic mass is 16.6. The maximum atomic E-state index is 12.5. The van der Waals surface area contributed by atoms with E-state index in [1.54, 1.807) is 6.92 Å². The third-order valence-electron chi connectivity index (χ3n) is 4.93. The van der Waals surface area contributed by atoms with Gasteiger partial charge in [0.15, 0.2) is 6.10 Å². The van der Waals surface area contributed by atoms with Crippen LogP contribution in [0.4, 0.5) is 0 Å². The van der Waals surface area contributed by atoms with E-state index in [0.717, 1.165) is 39.0 Å². The topological polar surface area (TPSA) is 85.1 Å². The van der Waals surface area contributed by atoms with Crippen LogP contribution in [-0.2, 0) is 19.1 Å². The van der Waals surface area contributed by atoms with Crippen molar-refractivity contribution in [2.45, 2.75) is 58.3 Å². The predicted molar refractivity (Wildman–Crippen MR) is 95.0 cm³/mol. The molecule has 0 radical (unpaired) electrons. The summed E-state index contributed by atoms with van der Waals surface area (Å²) in [6.45, 7) is 11.3. The Kier molecular flexibility index (Phi) is 6.82. The molecule has 2 atom stereocenters. The Bertz CT molecular complexity index is 469. The fourth-order valence-electron chi connectivity index (χ4n) is 3.61. The quantitative estimate of drug-likeness (QED) is 0.744. The minimum atomic E-state index is -0.629. The Morgan fingerprint density at radius 1 is 1.20 bits per heavy atom. The molecule has 0 spiro atoms. The molecule has 1 amide bonds. The molecule has 7 nitrogen and oxygen atoms in total. The van der Waals surface area contributed by atoms with Gasteiger partial charge < -0.3 is 20.1 Å². The molecule has 2 saturated heterocycles. The minimum Gasteiger partial charge on any atom is -0.458 e. The van der Waals surface area contributed by atoms with Crippen molar-refractivity contribution in [3.8, 4) is 0 Å². The normalized spacial score (nSPS) is 26.5. The number of rotatable bonds is 4. The number of piperidine rings is 1. The van der Waals surface area contributed by atoms with Gasteiger partial charge in [-0.25, -0.2) is 4.79 Å². The van der Waals surface area contributed by atoms with E-state index in [2.05, 4.69) is 4.90 Å². The van der Waals surface area contributed by atoms with Crippen molar-refractivity contribution in [1.29, 1.82) is 0 Å². The molecule has 144 valence electrons. The zero-order valence-corrected chi connectivity index (χ0v) is 16.0. The van der Waals surface area contributed by atoms with Crippen molar-refractivity contribution < 1.29 is 19.1 Å². The van der Waals surface area contributed by atoms with Gasteiger partial charge in [0.1, 0.15) is 5.60 Å². The highest BCUT2D eigenvalue weighted by molar-refractivity contribution is 5.76. The maximum absolute atomic E-state index is 12.5.